The van der Waals surface area contributed by atoms with Crippen LogP contribution in [-0.2, 0) is 20.6 Å². The van der Waals surface area contributed by atoms with Crippen LogP contribution in [0.5, 0.6) is 0 Å². The molecule has 1 unspecified atom stereocenters. The van der Waals surface area contributed by atoms with Gasteiger partial charge in [-0.2, -0.15) is 0 Å². The monoisotopic (exact) mass is 349 g/mol. The highest BCUT2D eigenvalue weighted by Gasteiger charge is 2.43. The molecule has 1 aromatic rings. The number of nitrogens with zero attached hydrogens (tertiary/aromatic N) is 1. The van der Waals surface area contributed by atoms with E-state index < -0.39 is 8.32 Å². The molecule has 4 nitrogen and oxygen atoms in total. The summed E-state index contributed by atoms with van der Waals surface area (Å²) in [6, 6.07) is 10.1. The summed E-state index contributed by atoms with van der Waals surface area (Å²) < 4.78 is 12.0. The van der Waals surface area contributed by atoms with Gasteiger partial charge in [-0.15, -0.1) is 0 Å². The average molecular weight is 350 g/mol. The molecule has 1 fully saturated rings. The van der Waals surface area contributed by atoms with Crippen molar-refractivity contribution in [2.75, 3.05) is 19.7 Å². The molecule has 1 aromatic carbocycles. The van der Waals surface area contributed by atoms with Crippen LogP contribution in [0.1, 0.15) is 32.8 Å². The van der Waals surface area contributed by atoms with Gasteiger partial charge in [0.2, 0.25) is 0 Å². The second-order valence-corrected chi connectivity index (χ2v) is 12.8. The van der Waals surface area contributed by atoms with Gasteiger partial charge in [0.25, 0.3) is 5.91 Å². The third kappa shape index (κ3) is 4.91. The summed E-state index contributed by atoms with van der Waals surface area (Å²) >= 11 is 0. The van der Waals surface area contributed by atoms with Gasteiger partial charge in [0, 0.05) is 13.1 Å². The van der Waals surface area contributed by atoms with E-state index >= 15 is 0 Å². The molecule has 24 heavy (non-hydrogen) atoms. The first-order chi connectivity index (χ1) is 11.2. The largest absolute Gasteiger partial charge is 0.405 e. The molecule has 1 amide bonds. The molecule has 1 saturated heterocycles. The van der Waals surface area contributed by atoms with Gasteiger partial charge in [-0.3, -0.25) is 4.79 Å². The average Bonchev–Trinajstić information content (AvgIpc) is 2.84. The van der Waals surface area contributed by atoms with Gasteiger partial charge in [0.1, 0.15) is 6.10 Å². The Kier molecular flexibility index (Phi) is 6.23. The number of hydrogen-bond acceptors (Lipinski definition) is 3. The Hall–Kier alpha value is -1.17. The third-order valence-electron chi connectivity index (χ3n) is 5.11. The third-order valence-corrected chi connectivity index (χ3v) is 9.59. The van der Waals surface area contributed by atoms with Crippen molar-refractivity contribution in [2.45, 2.75) is 58.0 Å². The predicted octanol–water partition coefficient (Wildman–Crippen LogP) is 3.83. The minimum absolute atomic E-state index is 0.124. The smallest absolute Gasteiger partial charge is 0.250 e. The van der Waals surface area contributed by atoms with Crippen LogP contribution in [0.2, 0.25) is 18.1 Å². The first kappa shape index (κ1) is 19.2. The second-order valence-electron chi connectivity index (χ2n) is 8.02. The molecular weight excluding hydrogens is 318 g/mol. The Morgan fingerprint density at radius 1 is 1.21 bits per heavy atom. The number of benzene rings is 1. The van der Waals surface area contributed by atoms with E-state index in [1.165, 1.54) is 0 Å². The van der Waals surface area contributed by atoms with Gasteiger partial charge < -0.3 is 14.1 Å². The molecule has 1 heterocycles. The SMILES string of the molecule is CC(C)(C)[Si](C)(C)OC1CCN(CCOCc2ccccc2)C1=O. The van der Waals surface area contributed by atoms with Crippen LogP contribution in [0.25, 0.3) is 0 Å². The number of ether oxygens (including phenoxy) is 1. The molecule has 0 aromatic heterocycles. The molecule has 0 aliphatic carbocycles. The van der Waals surface area contributed by atoms with Crippen LogP contribution >= 0.6 is 0 Å². The lowest BCUT2D eigenvalue weighted by molar-refractivity contribution is -0.134. The Labute approximate surface area is 147 Å². The fraction of sp³-hybridized carbons (Fsp3) is 0.632. The van der Waals surface area contributed by atoms with Crippen molar-refractivity contribution in [3.8, 4) is 0 Å². The van der Waals surface area contributed by atoms with E-state index in [-0.39, 0.29) is 17.0 Å². The molecule has 1 aliphatic rings. The maximum absolute atomic E-state index is 12.5. The number of likely N-dealkylation sites (tertiary alicyclic amines) is 1. The number of amides is 1. The Morgan fingerprint density at radius 2 is 1.88 bits per heavy atom. The summed E-state index contributed by atoms with van der Waals surface area (Å²) in [5.41, 5.74) is 1.16. The molecule has 0 saturated carbocycles. The van der Waals surface area contributed by atoms with Crippen molar-refractivity contribution in [1.82, 2.24) is 4.90 Å². The molecule has 5 heteroatoms. The highest BCUT2D eigenvalue weighted by molar-refractivity contribution is 6.74. The molecule has 0 spiro atoms. The summed E-state index contributed by atoms with van der Waals surface area (Å²) in [5.74, 6) is 0.128. The van der Waals surface area contributed by atoms with Crippen LogP contribution in [-0.4, -0.2) is 44.9 Å². The number of carbonyl (C=O) groups excluding carboxylic acids is 1. The van der Waals surface area contributed by atoms with Crippen molar-refractivity contribution in [3.05, 3.63) is 35.9 Å². The zero-order valence-electron chi connectivity index (χ0n) is 15.7. The van der Waals surface area contributed by atoms with Crippen molar-refractivity contribution in [1.29, 1.82) is 0 Å². The normalized spacial score (nSPS) is 19.1. The summed E-state index contributed by atoms with van der Waals surface area (Å²) in [7, 11) is -1.90. The first-order valence-electron chi connectivity index (χ1n) is 8.79. The number of carbonyl (C=O) groups is 1. The van der Waals surface area contributed by atoms with E-state index in [2.05, 4.69) is 33.9 Å². The van der Waals surface area contributed by atoms with Crippen LogP contribution in [0.4, 0.5) is 0 Å². The van der Waals surface area contributed by atoms with E-state index in [4.69, 9.17) is 9.16 Å². The van der Waals surface area contributed by atoms with Gasteiger partial charge in [-0.05, 0) is 30.1 Å². The minimum atomic E-state index is -1.90. The highest BCUT2D eigenvalue weighted by atomic mass is 28.4. The summed E-state index contributed by atoms with van der Waals surface area (Å²) in [6.07, 6.45) is 0.532. The van der Waals surface area contributed by atoms with E-state index in [1.54, 1.807) is 0 Å². The maximum atomic E-state index is 12.5. The lowest BCUT2D eigenvalue weighted by Gasteiger charge is -2.37. The van der Waals surface area contributed by atoms with Crippen LogP contribution in [0, 0.1) is 0 Å². The second kappa shape index (κ2) is 7.81. The van der Waals surface area contributed by atoms with Crippen LogP contribution < -0.4 is 0 Å². The Morgan fingerprint density at radius 3 is 2.50 bits per heavy atom. The number of hydrogen-bond donors (Lipinski definition) is 0. The summed E-state index contributed by atoms with van der Waals surface area (Å²) in [6.45, 7) is 13.6. The molecule has 0 N–H and O–H groups in total. The van der Waals surface area contributed by atoms with Gasteiger partial charge >= 0.3 is 0 Å². The molecule has 2 rings (SSSR count). The fourth-order valence-corrected chi connectivity index (χ4v) is 3.80. The van der Waals surface area contributed by atoms with Crippen molar-refractivity contribution < 1.29 is 14.0 Å². The molecule has 0 radical (unpaired) electrons. The lowest BCUT2D eigenvalue weighted by Crippen LogP contribution is -2.46. The summed E-state index contributed by atoms with van der Waals surface area (Å²) in [4.78, 5) is 14.4. The Bertz CT molecular complexity index is 539. The van der Waals surface area contributed by atoms with Crippen LogP contribution in [0.15, 0.2) is 30.3 Å². The summed E-state index contributed by atoms with van der Waals surface area (Å²) in [5, 5.41) is 0.124. The molecule has 0 bridgehead atoms. The van der Waals surface area contributed by atoms with E-state index in [9.17, 15) is 4.79 Å². The van der Waals surface area contributed by atoms with Gasteiger partial charge in [-0.1, -0.05) is 51.1 Å². The topological polar surface area (TPSA) is 38.8 Å². The minimum Gasteiger partial charge on any atom is -0.405 e. The zero-order valence-corrected chi connectivity index (χ0v) is 16.7. The van der Waals surface area contributed by atoms with Crippen molar-refractivity contribution in [2.24, 2.45) is 0 Å². The highest BCUT2D eigenvalue weighted by Crippen LogP contribution is 2.38. The van der Waals surface area contributed by atoms with Crippen LogP contribution in [0.3, 0.4) is 0 Å². The molecular formula is C19H31NO3Si. The molecule has 1 atom stereocenters. The standard InChI is InChI=1S/C19H31NO3Si/c1-19(2,3)24(4,5)23-17-11-12-20(18(17)21)13-14-22-15-16-9-7-6-8-10-16/h6-10,17H,11-15H2,1-5H3. The predicted molar refractivity (Wildman–Crippen MR) is 99.4 cm³/mol. The van der Waals surface area contributed by atoms with Crippen molar-refractivity contribution >= 4 is 14.2 Å². The lowest BCUT2D eigenvalue weighted by atomic mass is 10.2. The van der Waals surface area contributed by atoms with Gasteiger partial charge in [0.15, 0.2) is 8.32 Å². The molecule has 134 valence electrons. The van der Waals surface area contributed by atoms with Crippen molar-refractivity contribution in [3.63, 3.8) is 0 Å². The van der Waals surface area contributed by atoms with E-state index in [0.29, 0.717) is 19.8 Å². The van der Waals surface area contributed by atoms with E-state index in [0.717, 1.165) is 18.5 Å². The van der Waals surface area contributed by atoms with E-state index in [1.807, 2.05) is 35.2 Å². The molecule has 1 aliphatic heterocycles. The number of rotatable bonds is 7. The maximum Gasteiger partial charge on any atom is 0.250 e. The van der Waals surface area contributed by atoms with Gasteiger partial charge in [-0.25, -0.2) is 0 Å². The fourth-order valence-electron chi connectivity index (χ4n) is 2.51. The first-order valence-corrected chi connectivity index (χ1v) is 11.7. The zero-order chi connectivity index (χ0) is 17.8. The quantitative estimate of drug-likeness (QED) is 0.555. The Balaban J connectivity index is 1.75. The van der Waals surface area contributed by atoms with Gasteiger partial charge in [0.05, 0.1) is 13.2 Å².